The zero-order valence-corrected chi connectivity index (χ0v) is 11.0. The van der Waals surface area contributed by atoms with Crippen molar-refractivity contribution in [2.24, 2.45) is 0 Å². The van der Waals surface area contributed by atoms with Gasteiger partial charge in [0.15, 0.2) is 0 Å². The summed E-state index contributed by atoms with van der Waals surface area (Å²) < 4.78 is 14.1. The van der Waals surface area contributed by atoms with Gasteiger partial charge in [-0.05, 0) is 41.4 Å². The number of hydrogen-bond donors (Lipinski definition) is 3. The van der Waals surface area contributed by atoms with Gasteiger partial charge in [0.1, 0.15) is 12.0 Å². The van der Waals surface area contributed by atoms with Gasteiger partial charge in [-0.1, -0.05) is 12.1 Å². The lowest BCUT2D eigenvalue weighted by Crippen LogP contribution is -2.44. The third-order valence-corrected chi connectivity index (χ3v) is 3.63. The fourth-order valence-corrected chi connectivity index (χ4v) is 2.43. The molecule has 1 aromatic rings. The number of aliphatic hydroxyl groups is 1. The highest BCUT2D eigenvalue weighted by molar-refractivity contribution is 9.10. The van der Waals surface area contributed by atoms with Gasteiger partial charge >= 0.3 is 0 Å². The smallest absolute Gasteiger partial charge is 0.141 e. The van der Waals surface area contributed by atoms with Gasteiger partial charge in [-0.3, -0.25) is 5.32 Å². The first-order chi connectivity index (χ1) is 8.18. The van der Waals surface area contributed by atoms with E-state index in [0.717, 1.165) is 19.4 Å². The van der Waals surface area contributed by atoms with Crippen LogP contribution in [0.3, 0.4) is 0 Å². The number of hydrogen-bond acceptors (Lipinski definition) is 3. The van der Waals surface area contributed by atoms with Crippen LogP contribution < -0.4 is 10.6 Å². The summed E-state index contributed by atoms with van der Waals surface area (Å²) in [5, 5.41) is 16.0. The molecular weight excluding hydrogens is 287 g/mol. The van der Waals surface area contributed by atoms with Crippen LogP contribution >= 0.6 is 15.9 Å². The third-order valence-electron chi connectivity index (χ3n) is 3.01. The second-order valence-electron chi connectivity index (χ2n) is 4.24. The van der Waals surface area contributed by atoms with E-state index in [1.807, 2.05) is 0 Å². The number of nitrogens with one attached hydrogen (secondary N) is 2. The molecule has 3 nitrogen and oxygen atoms in total. The lowest BCUT2D eigenvalue weighted by molar-refractivity contribution is 0.0990. The summed E-state index contributed by atoms with van der Waals surface area (Å²) in [5.74, 6) is -0.272. The largest absolute Gasteiger partial charge is 0.377 e. The molecule has 1 heterocycles. The van der Waals surface area contributed by atoms with E-state index in [1.165, 1.54) is 0 Å². The molecule has 0 aromatic heterocycles. The van der Waals surface area contributed by atoms with Crippen molar-refractivity contribution in [2.45, 2.75) is 31.7 Å². The molecule has 0 saturated carbocycles. The summed E-state index contributed by atoms with van der Waals surface area (Å²) in [5.41, 5.74) is 0.552. The highest BCUT2D eigenvalue weighted by atomic mass is 79.9. The topological polar surface area (TPSA) is 44.3 Å². The molecule has 0 radical (unpaired) electrons. The first-order valence-corrected chi connectivity index (χ1v) is 6.55. The van der Waals surface area contributed by atoms with Crippen LogP contribution in [-0.4, -0.2) is 23.9 Å². The zero-order valence-electron chi connectivity index (χ0n) is 9.42. The van der Waals surface area contributed by atoms with Gasteiger partial charge in [-0.15, -0.1) is 0 Å². The molecule has 1 aliphatic rings. The summed E-state index contributed by atoms with van der Waals surface area (Å²) in [4.78, 5) is 0. The van der Waals surface area contributed by atoms with E-state index in [2.05, 4.69) is 26.6 Å². The van der Waals surface area contributed by atoms with E-state index in [-0.39, 0.29) is 11.9 Å². The average Bonchev–Trinajstić information content (AvgIpc) is 2.84. The minimum atomic E-state index is -0.629. The molecule has 0 amide bonds. The van der Waals surface area contributed by atoms with Crippen LogP contribution in [0.25, 0.3) is 0 Å². The highest BCUT2D eigenvalue weighted by Crippen LogP contribution is 2.18. The molecule has 17 heavy (non-hydrogen) atoms. The molecule has 0 bridgehead atoms. The van der Waals surface area contributed by atoms with Crippen LogP contribution in [0.1, 0.15) is 18.4 Å². The van der Waals surface area contributed by atoms with Gasteiger partial charge in [0.2, 0.25) is 0 Å². The quantitative estimate of drug-likeness (QED) is 0.743. The highest BCUT2D eigenvalue weighted by Gasteiger charge is 2.22. The van der Waals surface area contributed by atoms with Crippen molar-refractivity contribution in [2.75, 3.05) is 6.54 Å². The van der Waals surface area contributed by atoms with E-state index >= 15 is 0 Å². The van der Waals surface area contributed by atoms with E-state index in [0.29, 0.717) is 16.6 Å². The second kappa shape index (κ2) is 5.91. The van der Waals surface area contributed by atoms with Crippen LogP contribution in [0.15, 0.2) is 22.7 Å². The van der Waals surface area contributed by atoms with Gasteiger partial charge < -0.3 is 10.4 Å². The second-order valence-corrected chi connectivity index (χ2v) is 5.10. The number of rotatable bonds is 4. The Morgan fingerprint density at radius 3 is 3.12 bits per heavy atom. The van der Waals surface area contributed by atoms with Crippen molar-refractivity contribution in [1.29, 1.82) is 0 Å². The van der Waals surface area contributed by atoms with E-state index in [4.69, 9.17) is 0 Å². The average molecular weight is 303 g/mol. The van der Waals surface area contributed by atoms with Crippen molar-refractivity contribution >= 4 is 15.9 Å². The van der Waals surface area contributed by atoms with Crippen molar-refractivity contribution in [3.05, 3.63) is 34.1 Å². The summed E-state index contributed by atoms with van der Waals surface area (Å²) in [6.07, 6.45) is 1.40. The summed E-state index contributed by atoms with van der Waals surface area (Å²) >= 11 is 3.14. The van der Waals surface area contributed by atoms with Crippen LogP contribution in [0.2, 0.25) is 0 Å². The van der Waals surface area contributed by atoms with Gasteiger partial charge in [-0.25, -0.2) is 4.39 Å². The van der Waals surface area contributed by atoms with Crippen LogP contribution in [0.4, 0.5) is 4.39 Å². The Bertz CT molecular complexity index is 383. The first-order valence-electron chi connectivity index (χ1n) is 5.76. The molecule has 1 fully saturated rings. The monoisotopic (exact) mass is 302 g/mol. The van der Waals surface area contributed by atoms with Gasteiger partial charge in [0, 0.05) is 18.2 Å². The van der Waals surface area contributed by atoms with E-state index < -0.39 is 6.23 Å². The maximum Gasteiger partial charge on any atom is 0.141 e. The maximum atomic E-state index is 13.6. The SMILES string of the molecule is OC(NCc1cccc(Br)c1F)[C@@H]1CCCN1. The van der Waals surface area contributed by atoms with Gasteiger partial charge in [0.25, 0.3) is 0 Å². The standard InChI is InChI=1S/C12H16BrFN2O/c13-9-4-1-3-8(11(9)14)7-16-12(17)10-5-2-6-15-10/h1,3-4,10,12,15-17H,2,5-7H2/t10-,12?/m0/s1. The molecule has 0 aliphatic carbocycles. The molecule has 2 rings (SSSR count). The number of halogens is 2. The summed E-state index contributed by atoms with van der Waals surface area (Å²) in [6.45, 7) is 1.26. The lowest BCUT2D eigenvalue weighted by Gasteiger charge is -2.19. The molecule has 94 valence electrons. The van der Waals surface area contributed by atoms with Crippen molar-refractivity contribution in [3.8, 4) is 0 Å². The Balaban J connectivity index is 1.90. The molecule has 3 N–H and O–H groups in total. The van der Waals surface area contributed by atoms with Gasteiger partial charge in [-0.2, -0.15) is 0 Å². The Kier molecular flexibility index (Phi) is 4.50. The first kappa shape index (κ1) is 13.0. The molecule has 2 atom stereocenters. The summed E-state index contributed by atoms with van der Waals surface area (Å²) in [6, 6.07) is 5.23. The predicted molar refractivity (Wildman–Crippen MR) is 68.0 cm³/mol. The van der Waals surface area contributed by atoms with Crippen LogP contribution in [0, 0.1) is 5.82 Å². The fraction of sp³-hybridized carbons (Fsp3) is 0.500. The summed E-state index contributed by atoms with van der Waals surface area (Å²) in [7, 11) is 0. The lowest BCUT2D eigenvalue weighted by atomic mass is 10.1. The minimum Gasteiger partial charge on any atom is -0.377 e. The van der Waals surface area contributed by atoms with Crippen molar-refractivity contribution < 1.29 is 9.50 Å². The van der Waals surface area contributed by atoms with Crippen LogP contribution in [0.5, 0.6) is 0 Å². The van der Waals surface area contributed by atoms with E-state index in [1.54, 1.807) is 18.2 Å². The third kappa shape index (κ3) is 3.25. The number of aliphatic hydroxyl groups excluding tert-OH is 1. The molecule has 1 aliphatic heterocycles. The van der Waals surface area contributed by atoms with Crippen LogP contribution in [-0.2, 0) is 6.54 Å². The molecular formula is C12H16BrFN2O. The molecule has 1 unspecified atom stereocenters. The molecule has 0 spiro atoms. The molecule has 5 heteroatoms. The minimum absolute atomic E-state index is 0.0743. The normalized spacial score (nSPS) is 21.7. The molecule has 1 saturated heterocycles. The molecule has 1 aromatic carbocycles. The maximum absolute atomic E-state index is 13.6. The number of benzene rings is 1. The fourth-order valence-electron chi connectivity index (χ4n) is 2.02. The Labute approximate surface area is 109 Å². The van der Waals surface area contributed by atoms with E-state index in [9.17, 15) is 9.50 Å². The Morgan fingerprint density at radius 2 is 2.41 bits per heavy atom. The Morgan fingerprint density at radius 1 is 1.59 bits per heavy atom. The van der Waals surface area contributed by atoms with Crippen molar-refractivity contribution in [3.63, 3.8) is 0 Å². The van der Waals surface area contributed by atoms with Gasteiger partial charge in [0.05, 0.1) is 4.47 Å². The van der Waals surface area contributed by atoms with Crippen molar-refractivity contribution in [1.82, 2.24) is 10.6 Å². The predicted octanol–water partition coefficient (Wildman–Crippen LogP) is 1.75. The zero-order chi connectivity index (χ0) is 12.3. The Hall–Kier alpha value is -0.490.